The van der Waals surface area contributed by atoms with Crippen molar-refractivity contribution in [3.63, 3.8) is 0 Å². The van der Waals surface area contributed by atoms with Gasteiger partial charge in [0.25, 0.3) is 0 Å². The van der Waals surface area contributed by atoms with Gasteiger partial charge in [0.1, 0.15) is 10.8 Å². The van der Waals surface area contributed by atoms with Crippen LogP contribution in [-0.2, 0) is 16.1 Å². The first-order chi connectivity index (χ1) is 8.65. The molecule has 0 aromatic heterocycles. The van der Waals surface area contributed by atoms with Gasteiger partial charge in [-0.25, -0.2) is 0 Å². The van der Waals surface area contributed by atoms with Crippen molar-refractivity contribution in [2.24, 2.45) is 0 Å². The number of ketones is 1. The number of ether oxygens (including phenoxy) is 1. The number of carbonyl (C=O) groups excluding carboxylic acids is 1. The van der Waals surface area contributed by atoms with Gasteiger partial charge < -0.3 is 9.84 Å². The number of carbonyl (C=O) groups is 1. The smallest absolute Gasteiger partial charge is 0.179 e. The molecule has 1 rings (SSSR count). The summed E-state index contributed by atoms with van der Waals surface area (Å²) in [6, 6.07) is 9.71. The van der Waals surface area contributed by atoms with Crippen molar-refractivity contribution in [3.8, 4) is 0 Å². The molecule has 4 heteroatoms. The van der Waals surface area contributed by atoms with Crippen molar-refractivity contribution >= 4 is 17.4 Å². The van der Waals surface area contributed by atoms with Crippen molar-refractivity contribution in [1.29, 1.82) is 0 Å². The maximum Gasteiger partial charge on any atom is 0.179 e. The fraction of sp³-hybridized carbons (Fsp3) is 0.357. The molecule has 98 valence electrons. The van der Waals surface area contributed by atoms with Crippen molar-refractivity contribution in [1.82, 2.24) is 0 Å². The minimum Gasteiger partial charge on any atom is -0.511 e. The number of halogens is 1. The summed E-state index contributed by atoms with van der Waals surface area (Å²) < 4.78 is 5.37. The summed E-state index contributed by atoms with van der Waals surface area (Å²) in [6.45, 7) is 2.49. The topological polar surface area (TPSA) is 46.5 Å². The molecule has 1 aromatic carbocycles. The zero-order chi connectivity index (χ0) is 13.4. The van der Waals surface area contributed by atoms with Crippen molar-refractivity contribution in [2.75, 3.05) is 6.61 Å². The van der Waals surface area contributed by atoms with Gasteiger partial charge in [-0.1, -0.05) is 48.9 Å². The zero-order valence-corrected chi connectivity index (χ0v) is 11.1. The van der Waals surface area contributed by atoms with Gasteiger partial charge in [0.2, 0.25) is 0 Å². The van der Waals surface area contributed by atoms with Gasteiger partial charge in [0.05, 0.1) is 13.2 Å². The number of hydrogen-bond acceptors (Lipinski definition) is 3. The predicted molar refractivity (Wildman–Crippen MR) is 71.5 cm³/mol. The summed E-state index contributed by atoms with van der Waals surface area (Å²) in [4.78, 5) is 11.5. The lowest BCUT2D eigenvalue weighted by atomic mass is 10.2. The van der Waals surface area contributed by atoms with Crippen LogP contribution in [0.4, 0.5) is 0 Å². The lowest BCUT2D eigenvalue weighted by Gasteiger charge is -2.04. The minimum absolute atomic E-state index is 0.0651. The third-order valence-corrected chi connectivity index (χ3v) is 2.85. The fourth-order valence-electron chi connectivity index (χ4n) is 1.36. The largest absolute Gasteiger partial charge is 0.511 e. The number of allylic oxidation sites excluding steroid dienone is 2. The molecule has 0 heterocycles. The molecule has 0 unspecified atom stereocenters. The molecule has 0 aliphatic rings. The van der Waals surface area contributed by atoms with E-state index in [2.05, 4.69) is 0 Å². The third-order valence-electron chi connectivity index (χ3n) is 2.42. The number of rotatable bonds is 7. The average molecular weight is 269 g/mol. The minimum atomic E-state index is -0.288. The summed E-state index contributed by atoms with van der Waals surface area (Å²) in [7, 11) is 0. The number of aliphatic hydroxyl groups is 1. The monoisotopic (exact) mass is 268 g/mol. The first-order valence-corrected chi connectivity index (χ1v) is 6.25. The van der Waals surface area contributed by atoms with Crippen LogP contribution in [0.1, 0.15) is 25.3 Å². The van der Waals surface area contributed by atoms with Crippen LogP contribution in [0.25, 0.3) is 0 Å². The highest BCUT2D eigenvalue weighted by atomic mass is 35.5. The van der Waals surface area contributed by atoms with Crippen molar-refractivity contribution < 1.29 is 14.6 Å². The summed E-state index contributed by atoms with van der Waals surface area (Å²) >= 11 is 5.70. The Morgan fingerprint density at radius 2 is 2.00 bits per heavy atom. The van der Waals surface area contributed by atoms with E-state index < -0.39 is 0 Å². The molecule has 0 fully saturated rings. The Morgan fingerprint density at radius 3 is 2.61 bits per heavy atom. The molecule has 0 atom stereocenters. The van der Waals surface area contributed by atoms with E-state index >= 15 is 0 Å². The molecule has 0 saturated heterocycles. The average Bonchev–Trinajstić information content (AvgIpc) is 2.42. The van der Waals surface area contributed by atoms with Gasteiger partial charge in [0.15, 0.2) is 5.78 Å². The normalized spacial score (nSPS) is 12.1. The molecule has 1 aromatic rings. The van der Waals surface area contributed by atoms with Gasteiger partial charge in [0, 0.05) is 12.8 Å². The molecule has 0 saturated carbocycles. The quantitative estimate of drug-likeness (QED) is 0.467. The van der Waals surface area contributed by atoms with Gasteiger partial charge in [-0.2, -0.15) is 0 Å². The van der Waals surface area contributed by atoms with Gasteiger partial charge in [-0.05, 0) is 5.56 Å². The van der Waals surface area contributed by atoms with Crippen LogP contribution in [0.15, 0.2) is 41.1 Å². The maximum atomic E-state index is 11.5. The number of Topliss-reactive ketones (excluding diaryl/α,β-unsaturated/α-hetero) is 1. The van der Waals surface area contributed by atoms with E-state index in [-0.39, 0.29) is 23.0 Å². The van der Waals surface area contributed by atoms with Crippen LogP contribution in [0.2, 0.25) is 0 Å². The Balaban J connectivity index is 2.29. The Kier molecular flexibility index (Phi) is 6.47. The molecule has 0 spiro atoms. The SMILES string of the molecule is CC/C(O)=C(\Cl)C(=O)CCOCc1ccccc1. The highest BCUT2D eigenvalue weighted by molar-refractivity contribution is 6.42. The fourth-order valence-corrected chi connectivity index (χ4v) is 1.58. The van der Waals surface area contributed by atoms with E-state index in [4.69, 9.17) is 16.3 Å². The second-order valence-electron chi connectivity index (χ2n) is 3.83. The van der Waals surface area contributed by atoms with Crippen LogP contribution in [0, 0.1) is 0 Å². The first-order valence-electron chi connectivity index (χ1n) is 5.87. The van der Waals surface area contributed by atoms with Crippen LogP contribution in [0.3, 0.4) is 0 Å². The van der Waals surface area contributed by atoms with Gasteiger partial charge >= 0.3 is 0 Å². The Labute approximate surface area is 112 Å². The Bertz CT molecular complexity index is 412. The summed E-state index contributed by atoms with van der Waals surface area (Å²) in [6.07, 6.45) is 0.533. The third kappa shape index (κ3) is 4.90. The van der Waals surface area contributed by atoms with Gasteiger partial charge in [-0.3, -0.25) is 4.79 Å². The maximum absolute atomic E-state index is 11.5. The van der Waals surface area contributed by atoms with Crippen LogP contribution >= 0.6 is 11.6 Å². The summed E-state index contributed by atoms with van der Waals surface area (Å²) in [5.74, 6) is -0.353. The predicted octanol–water partition coefficient (Wildman–Crippen LogP) is 3.58. The van der Waals surface area contributed by atoms with Crippen LogP contribution in [-0.4, -0.2) is 17.5 Å². The number of hydrogen-bond donors (Lipinski definition) is 1. The van der Waals surface area contributed by atoms with E-state index in [0.717, 1.165) is 5.56 Å². The second kappa shape index (κ2) is 7.90. The van der Waals surface area contributed by atoms with E-state index in [1.54, 1.807) is 6.92 Å². The zero-order valence-electron chi connectivity index (χ0n) is 10.4. The molecular formula is C14H17ClO3. The molecule has 0 amide bonds. The molecule has 18 heavy (non-hydrogen) atoms. The van der Waals surface area contributed by atoms with E-state index in [9.17, 15) is 9.90 Å². The van der Waals surface area contributed by atoms with E-state index in [1.807, 2.05) is 30.3 Å². The van der Waals surface area contributed by atoms with Crippen molar-refractivity contribution in [2.45, 2.75) is 26.4 Å². The highest BCUT2D eigenvalue weighted by Crippen LogP contribution is 2.13. The molecule has 0 bridgehead atoms. The van der Waals surface area contributed by atoms with Crippen LogP contribution < -0.4 is 0 Å². The Hall–Kier alpha value is -1.32. The molecule has 0 aliphatic carbocycles. The molecule has 1 N–H and O–H groups in total. The van der Waals surface area contributed by atoms with E-state index in [0.29, 0.717) is 19.6 Å². The summed E-state index contributed by atoms with van der Waals surface area (Å²) in [5, 5.41) is 9.23. The number of benzene rings is 1. The molecule has 0 aliphatic heterocycles. The molecule has 3 nitrogen and oxygen atoms in total. The van der Waals surface area contributed by atoms with Crippen molar-refractivity contribution in [3.05, 3.63) is 46.7 Å². The standard InChI is InChI=1S/C14H17ClO3/c1-2-12(16)14(15)13(17)8-9-18-10-11-6-4-3-5-7-11/h3-7,16H,2,8-10H2,1H3/b14-12+. The molecular weight excluding hydrogens is 252 g/mol. The van der Waals surface area contributed by atoms with Crippen LogP contribution in [0.5, 0.6) is 0 Å². The second-order valence-corrected chi connectivity index (χ2v) is 4.20. The lowest BCUT2D eigenvalue weighted by molar-refractivity contribution is -0.116. The Morgan fingerprint density at radius 1 is 1.33 bits per heavy atom. The summed E-state index contributed by atoms with van der Waals surface area (Å²) in [5.41, 5.74) is 1.06. The molecule has 0 radical (unpaired) electrons. The van der Waals surface area contributed by atoms with E-state index in [1.165, 1.54) is 0 Å². The highest BCUT2D eigenvalue weighted by Gasteiger charge is 2.11. The lowest BCUT2D eigenvalue weighted by Crippen LogP contribution is -2.06. The van der Waals surface area contributed by atoms with Gasteiger partial charge in [-0.15, -0.1) is 0 Å². The number of aliphatic hydroxyl groups excluding tert-OH is 1. The first kappa shape index (κ1) is 14.7.